The highest BCUT2D eigenvalue weighted by molar-refractivity contribution is 5.54. The summed E-state index contributed by atoms with van der Waals surface area (Å²) >= 11 is 0. The molecule has 2 aromatic rings. The first kappa shape index (κ1) is 9.16. The first-order chi connectivity index (χ1) is 7.79. The van der Waals surface area contributed by atoms with Gasteiger partial charge in [0.2, 0.25) is 5.88 Å². The molecule has 0 unspecified atom stereocenters. The zero-order valence-electron chi connectivity index (χ0n) is 8.64. The smallest absolute Gasteiger partial charge is 0.230 e. The Labute approximate surface area is 92.0 Å². The molecule has 2 heterocycles. The van der Waals surface area contributed by atoms with Crippen LogP contribution in [0.4, 0.5) is 0 Å². The van der Waals surface area contributed by atoms with Crippen LogP contribution in [0.3, 0.4) is 0 Å². The van der Waals surface area contributed by atoms with E-state index >= 15 is 0 Å². The van der Waals surface area contributed by atoms with E-state index in [0.29, 0.717) is 11.3 Å². The quantitative estimate of drug-likeness (QED) is 0.714. The molecule has 0 saturated heterocycles. The van der Waals surface area contributed by atoms with Crippen LogP contribution in [0.5, 0.6) is 5.88 Å². The molecule has 0 atom stereocenters. The number of hydrogen-bond donors (Lipinski definition) is 1. The number of nitriles is 1. The molecule has 16 heavy (non-hydrogen) atoms. The van der Waals surface area contributed by atoms with E-state index in [-0.39, 0.29) is 5.88 Å². The van der Waals surface area contributed by atoms with E-state index in [1.807, 2.05) is 6.07 Å². The second-order valence-electron chi connectivity index (χ2n) is 3.97. The zero-order chi connectivity index (χ0) is 11.1. The number of rotatable bonds is 0. The van der Waals surface area contributed by atoms with E-state index in [2.05, 4.69) is 9.97 Å². The minimum Gasteiger partial charge on any atom is -0.492 e. The molecule has 1 aliphatic rings. The Hall–Kier alpha value is -2.09. The van der Waals surface area contributed by atoms with Crippen LogP contribution in [0.2, 0.25) is 0 Å². The fourth-order valence-electron chi connectivity index (χ4n) is 2.25. The van der Waals surface area contributed by atoms with Crippen molar-refractivity contribution in [3.05, 3.63) is 23.3 Å². The third-order valence-electron chi connectivity index (χ3n) is 2.96. The van der Waals surface area contributed by atoms with Crippen molar-refractivity contribution < 1.29 is 5.11 Å². The summed E-state index contributed by atoms with van der Waals surface area (Å²) in [7, 11) is 0. The summed E-state index contributed by atoms with van der Waals surface area (Å²) in [5, 5.41) is 18.4. The first-order valence-corrected chi connectivity index (χ1v) is 5.29. The van der Waals surface area contributed by atoms with Crippen LogP contribution >= 0.6 is 0 Å². The highest BCUT2D eigenvalue weighted by Gasteiger charge is 2.18. The average Bonchev–Trinajstić information content (AvgIpc) is 2.69. The first-order valence-electron chi connectivity index (χ1n) is 5.29. The number of hydrogen-bond acceptors (Lipinski definition) is 4. The lowest BCUT2D eigenvalue weighted by Gasteiger charge is -2.16. The van der Waals surface area contributed by atoms with Gasteiger partial charge in [0, 0.05) is 5.69 Å². The monoisotopic (exact) mass is 214 g/mol. The van der Waals surface area contributed by atoms with Crippen LogP contribution in [0.1, 0.15) is 29.9 Å². The lowest BCUT2D eigenvalue weighted by molar-refractivity contribution is 0.457. The van der Waals surface area contributed by atoms with E-state index in [1.54, 1.807) is 10.6 Å². The molecule has 1 N–H and O–H groups in total. The fraction of sp³-hybridized carbons (Fsp3) is 0.364. The lowest BCUT2D eigenvalue weighted by atomic mass is 10.00. The molecule has 0 spiro atoms. The largest absolute Gasteiger partial charge is 0.492 e. The number of imidazole rings is 1. The Balaban J connectivity index is 2.41. The van der Waals surface area contributed by atoms with Gasteiger partial charge in [0.25, 0.3) is 0 Å². The van der Waals surface area contributed by atoms with Crippen molar-refractivity contribution in [2.75, 3.05) is 0 Å². The molecule has 0 saturated carbocycles. The number of aromatic nitrogens is 3. The predicted molar refractivity (Wildman–Crippen MR) is 56.0 cm³/mol. The number of aryl methyl sites for hydroxylation is 2. The summed E-state index contributed by atoms with van der Waals surface area (Å²) < 4.78 is 1.80. The zero-order valence-corrected chi connectivity index (χ0v) is 8.64. The van der Waals surface area contributed by atoms with Gasteiger partial charge >= 0.3 is 0 Å². The van der Waals surface area contributed by atoms with Crippen LogP contribution in [0, 0.1) is 11.3 Å². The second-order valence-corrected chi connectivity index (χ2v) is 3.97. The molecule has 2 aromatic heterocycles. The lowest BCUT2D eigenvalue weighted by Crippen LogP contribution is -2.12. The summed E-state index contributed by atoms with van der Waals surface area (Å²) in [5.41, 5.74) is 2.79. The molecule has 3 rings (SSSR count). The molecule has 0 aliphatic heterocycles. The van der Waals surface area contributed by atoms with Crippen LogP contribution in [0.25, 0.3) is 5.65 Å². The molecular weight excluding hydrogens is 204 g/mol. The molecule has 80 valence electrons. The van der Waals surface area contributed by atoms with Gasteiger partial charge in [-0.15, -0.1) is 0 Å². The van der Waals surface area contributed by atoms with Crippen LogP contribution < -0.4 is 0 Å². The molecule has 0 fully saturated rings. The van der Waals surface area contributed by atoms with Gasteiger partial charge in [0.15, 0.2) is 11.3 Å². The third-order valence-corrected chi connectivity index (χ3v) is 2.96. The van der Waals surface area contributed by atoms with Crippen molar-refractivity contribution in [2.45, 2.75) is 25.7 Å². The highest BCUT2D eigenvalue weighted by atomic mass is 16.3. The molecule has 5 heteroatoms. The van der Waals surface area contributed by atoms with E-state index in [4.69, 9.17) is 5.26 Å². The standard InChI is InChI=1S/C11H10N4O/c12-5-8-11-14-10(16)6-15(11)9-4-2-1-3-7(9)13-8/h6,16H,1-4H2. The molecule has 0 aromatic carbocycles. The van der Waals surface area contributed by atoms with Gasteiger partial charge in [0.05, 0.1) is 11.9 Å². The van der Waals surface area contributed by atoms with E-state index in [0.717, 1.165) is 37.1 Å². The van der Waals surface area contributed by atoms with Crippen LogP contribution in [0.15, 0.2) is 6.20 Å². The topological polar surface area (TPSA) is 74.2 Å². The summed E-state index contributed by atoms with van der Waals surface area (Å²) in [6, 6.07) is 2.03. The van der Waals surface area contributed by atoms with Crippen LogP contribution in [-0.4, -0.2) is 19.5 Å². The van der Waals surface area contributed by atoms with Gasteiger partial charge in [-0.05, 0) is 25.7 Å². The molecule has 5 nitrogen and oxygen atoms in total. The highest BCUT2D eigenvalue weighted by Crippen LogP contribution is 2.24. The normalized spacial score (nSPS) is 14.7. The second kappa shape index (κ2) is 3.20. The molecule has 1 aliphatic carbocycles. The van der Waals surface area contributed by atoms with Crippen molar-refractivity contribution in [3.8, 4) is 11.9 Å². The van der Waals surface area contributed by atoms with Gasteiger partial charge in [-0.2, -0.15) is 10.2 Å². The van der Waals surface area contributed by atoms with Gasteiger partial charge in [-0.25, -0.2) is 4.98 Å². The van der Waals surface area contributed by atoms with Crippen LogP contribution in [-0.2, 0) is 12.8 Å². The summed E-state index contributed by atoms with van der Waals surface area (Å²) in [6.07, 6.45) is 5.62. The maximum Gasteiger partial charge on any atom is 0.230 e. The Morgan fingerprint density at radius 2 is 2.12 bits per heavy atom. The van der Waals surface area contributed by atoms with Gasteiger partial charge in [-0.3, -0.25) is 4.40 Å². The average molecular weight is 214 g/mol. The third kappa shape index (κ3) is 1.16. The summed E-state index contributed by atoms with van der Waals surface area (Å²) in [5.74, 6) is -0.0581. The molecule has 0 amide bonds. The van der Waals surface area contributed by atoms with Gasteiger partial charge in [0.1, 0.15) is 6.07 Å². The summed E-state index contributed by atoms with van der Waals surface area (Å²) in [6.45, 7) is 0. The molecular formula is C11H10N4O. The summed E-state index contributed by atoms with van der Waals surface area (Å²) in [4.78, 5) is 8.24. The van der Waals surface area contributed by atoms with Crippen molar-refractivity contribution in [2.24, 2.45) is 0 Å². The van der Waals surface area contributed by atoms with Crippen molar-refractivity contribution in [1.29, 1.82) is 5.26 Å². The minimum absolute atomic E-state index is 0.0581. The minimum atomic E-state index is -0.0581. The van der Waals surface area contributed by atoms with Crippen molar-refractivity contribution in [3.63, 3.8) is 0 Å². The number of nitrogens with zero attached hydrogens (tertiary/aromatic N) is 4. The maximum atomic E-state index is 9.41. The van der Waals surface area contributed by atoms with E-state index in [9.17, 15) is 5.11 Å². The van der Waals surface area contributed by atoms with E-state index < -0.39 is 0 Å². The Morgan fingerprint density at radius 1 is 1.31 bits per heavy atom. The molecule has 0 bridgehead atoms. The van der Waals surface area contributed by atoms with Gasteiger partial charge in [-0.1, -0.05) is 0 Å². The fourth-order valence-corrected chi connectivity index (χ4v) is 2.25. The van der Waals surface area contributed by atoms with E-state index in [1.165, 1.54) is 0 Å². The van der Waals surface area contributed by atoms with Crippen molar-refractivity contribution in [1.82, 2.24) is 14.4 Å². The Kier molecular flexibility index (Phi) is 1.83. The SMILES string of the molecule is N#Cc1nc2c(n3cc(O)nc13)CCCC2. The predicted octanol–water partition coefficient (Wildman–Crippen LogP) is 1.19. The number of fused-ring (bicyclic) bond motifs is 3. The Morgan fingerprint density at radius 3 is 2.94 bits per heavy atom. The van der Waals surface area contributed by atoms with Gasteiger partial charge < -0.3 is 5.11 Å². The molecule has 0 radical (unpaired) electrons. The Bertz CT molecular complexity index is 608. The number of aromatic hydroxyl groups is 1. The maximum absolute atomic E-state index is 9.41. The van der Waals surface area contributed by atoms with Crippen molar-refractivity contribution >= 4 is 5.65 Å².